The van der Waals surface area contributed by atoms with Crippen LogP contribution < -0.4 is 4.74 Å². The van der Waals surface area contributed by atoms with Crippen LogP contribution in [0.2, 0.25) is 0 Å². The summed E-state index contributed by atoms with van der Waals surface area (Å²) < 4.78 is 5.99. The maximum absolute atomic E-state index is 5.99. The van der Waals surface area contributed by atoms with Gasteiger partial charge in [0.2, 0.25) is 0 Å². The van der Waals surface area contributed by atoms with E-state index >= 15 is 0 Å². The summed E-state index contributed by atoms with van der Waals surface area (Å²) in [6.07, 6.45) is 2.01. The summed E-state index contributed by atoms with van der Waals surface area (Å²) in [6.45, 7) is 0. The molecule has 0 N–H and O–H groups in total. The second-order valence-corrected chi connectivity index (χ2v) is 10.4. The van der Waals surface area contributed by atoms with Crippen LogP contribution in [0.4, 0.5) is 0 Å². The molecule has 0 radical (unpaired) electrons. The van der Waals surface area contributed by atoms with Crippen molar-refractivity contribution in [1.82, 2.24) is 0 Å². The van der Waals surface area contributed by atoms with E-state index in [4.69, 9.17) is 4.74 Å². The van der Waals surface area contributed by atoms with Gasteiger partial charge in [-0.15, -0.1) is 0 Å². The Morgan fingerprint density at radius 1 is 0.444 bits per heavy atom. The van der Waals surface area contributed by atoms with Gasteiger partial charge in [0.05, 0.1) is 0 Å². The summed E-state index contributed by atoms with van der Waals surface area (Å²) in [5.41, 5.74) is 5.50. The second kappa shape index (κ2) is 8.89. The lowest BCUT2D eigenvalue weighted by Gasteiger charge is -2.21. The van der Waals surface area contributed by atoms with Gasteiger partial charge in [0.15, 0.2) is 0 Å². The predicted molar refractivity (Wildman–Crippen MR) is 151 cm³/mol. The Bertz CT molecular complexity index is 1620. The molecule has 0 amide bonds. The number of hydrogen-bond donors (Lipinski definition) is 0. The highest BCUT2D eigenvalue weighted by Gasteiger charge is 2.19. The quantitative estimate of drug-likeness (QED) is 0.214. The van der Waals surface area contributed by atoms with E-state index in [0.29, 0.717) is 0 Å². The van der Waals surface area contributed by atoms with E-state index in [0.717, 1.165) is 24.3 Å². The van der Waals surface area contributed by atoms with E-state index in [1.165, 1.54) is 53.6 Å². The van der Waals surface area contributed by atoms with Crippen molar-refractivity contribution in [3.63, 3.8) is 0 Å². The zero-order valence-corrected chi connectivity index (χ0v) is 20.6. The fraction of sp³-hybridized carbons (Fsp3) is 0.0588. The third kappa shape index (κ3) is 3.75. The summed E-state index contributed by atoms with van der Waals surface area (Å²) in [7, 11) is 0. The molecule has 0 atom stereocenters. The number of fused-ring (bicyclic) bond motifs is 8. The molecule has 2 heteroatoms. The number of ether oxygens (including phenoxy) is 1. The summed E-state index contributed by atoms with van der Waals surface area (Å²) in [6, 6.07) is 42.8. The molecule has 0 bridgehead atoms. The molecule has 6 aromatic carbocycles. The van der Waals surface area contributed by atoms with Crippen LogP contribution in [-0.2, 0) is 12.8 Å². The Kier molecular flexibility index (Phi) is 5.26. The van der Waals surface area contributed by atoms with Crippen molar-refractivity contribution >= 4 is 33.3 Å². The Balaban J connectivity index is 0.000000122. The maximum Gasteiger partial charge on any atom is 0.131 e. The van der Waals surface area contributed by atoms with E-state index in [1.54, 1.807) is 0 Å². The van der Waals surface area contributed by atoms with E-state index in [1.807, 2.05) is 23.9 Å². The predicted octanol–water partition coefficient (Wildman–Crippen LogP) is 9.43. The van der Waals surface area contributed by atoms with Crippen molar-refractivity contribution < 1.29 is 4.74 Å². The fourth-order valence-electron chi connectivity index (χ4n) is 5.30. The van der Waals surface area contributed by atoms with Crippen molar-refractivity contribution in [2.24, 2.45) is 0 Å². The van der Waals surface area contributed by atoms with Crippen LogP contribution in [0.5, 0.6) is 11.5 Å². The van der Waals surface area contributed by atoms with Crippen LogP contribution in [0, 0.1) is 0 Å². The lowest BCUT2D eigenvalue weighted by atomic mass is 9.95. The van der Waals surface area contributed by atoms with Crippen LogP contribution >= 0.6 is 11.8 Å². The number of hydrogen-bond acceptors (Lipinski definition) is 2. The average molecular weight is 481 g/mol. The molecular weight excluding hydrogens is 456 g/mol. The van der Waals surface area contributed by atoms with Gasteiger partial charge in [0.25, 0.3) is 0 Å². The van der Waals surface area contributed by atoms with E-state index in [2.05, 4.69) is 109 Å². The van der Waals surface area contributed by atoms with Gasteiger partial charge in [0, 0.05) is 28.2 Å². The summed E-state index contributed by atoms with van der Waals surface area (Å²) in [4.78, 5) is 2.81. The molecule has 2 aliphatic rings. The van der Waals surface area contributed by atoms with Gasteiger partial charge in [-0.2, -0.15) is 0 Å². The van der Waals surface area contributed by atoms with Gasteiger partial charge < -0.3 is 4.74 Å². The molecule has 0 fully saturated rings. The molecule has 1 nitrogen and oxygen atoms in total. The van der Waals surface area contributed by atoms with E-state index in [-0.39, 0.29) is 0 Å². The summed E-state index contributed by atoms with van der Waals surface area (Å²) in [5, 5.41) is 5.32. The van der Waals surface area contributed by atoms with Crippen molar-refractivity contribution in [3.05, 3.63) is 144 Å². The SMILES string of the molecule is c1ccc2c(c1)Cc1c(ccc3ccccc13)O2.c1ccc2c(c1)Cc1c(ccc3ccccc13)S2. The first kappa shape index (κ1) is 21.3. The molecule has 0 saturated heterocycles. The van der Waals surface area contributed by atoms with E-state index < -0.39 is 0 Å². The first-order chi connectivity index (χ1) is 17.8. The third-order valence-corrected chi connectivity index (χ3v) is 8.34. The van der Waals surface area contributed by atoms with Crippen molar-refractivity contribution in [2.45, 2.75) is 22.6 Å². The number of para-hydroxylation sites is 1. The normalized spacial score (nSPS) is 12.9. The maximum atomic E-state index is 5.99. The fourth-order valence-corrected chi connectivity index (χ4v) is 6.40. The number of rotatable bonds is 0. The number of benzene rings is 6. The van der Waals surface area contributed by atoms with Gasteiger partial charge >= 0.3 is 0 Å². The molecule has 172 valence electrons. The van der Waals surface area contributed by atoms with Crippen molar-refractivity contribution in [1.29, 1.82) is 0 Å². The summed E-state index contributed by atoms with van der Waals surface area (Å²) in [5.74, 6) is 1.98. The third-order valence-electron chi connectivity index (χ3n) is 7.11. The highest BCUT2D eigenvalue weighted by Crippen LogP contribution is 2.42. The monoisotopic (exact) mass is 480 g/mol. The summed E-state index contributed by atoms with van der Waals surface area (Å²) >= 11 is 1.90. The standard InChI is InChI=1S/C17H12O.C17H12S/c2*1-3-7-14-12(5-1)9-10-17-15(14)11-13-6-2-4-8-16(13)18-17/h2*1-10H,11H2. The van der Waals surface area contributed by atoms with Crippen molar-refractivity contribution in [3.8, 4) is 11.5 Å². The van der Waals surface area contributed by atoms with Crippen LogP contribution in [0.3, 0.4) is 0 Å². The van der Waals surface area contributed by atoms with Gasteiger partial charge in [-0.25, -0.2) is 0 Å². The van der Waals surface area contributed by atoms with Gasteiger partial charge in [0.1, 0.15) is 11.5 Å². The molecule has 8 rings (SSSR count). The zero-order valence-electron chi connectivity index (χ0n) is 19.8. The van der Waals surface area contributed by atoms with Gasteiger partial charge in [-0.05, 0) is 62.5 Å². The molecule has 0 spiro atoms. The van der Waals surface area contributed by atoms with Crippen LogP contribution in [0.1, 0.15) is 22.3 Å². The second-order valence-electron chi connectivity index (χ2n) is 9.30. The smallest absolute Gasteiger partial charge is 0.131 e. The van der Waals surface area contributed by atoms with Gasteiger partial charge in [-0.1, -0.05) is 109 Å². The molecule has 36 heavy (non-hydrogen) atoms. The van der Waals surface area contributed by atoms with Crippen LogP contribution in [-0.4, -0.2) is 0 Å². The highest BCUT2D eigenvalue weighted by atomic mass is 32.2. The van der Waals surface area contributed by atoms with Crippen LogP contribution in [0.25, 0.3) is 21.5 Å². The first-order valence-electron chi connectivity index (χ1n) is 12.4. The van der Waals surface area contributed by atoms with Crippen LogP contribution in [0.15, 0.2) is 131 Å². The topological polar surface area (TPSA) is 9.23 Å². The van der Waals surface area contributed by atoms with Gasteiger partial charge in [-0.3, -0.25) is 0 Å². The Morgan fingerprint density at radius 2 is 1.06 bits per heavy atom. The molecule has 2 heterocycles. The minimum absolute atomic E-state index is 0.951. The molecule has 0 aromatic heterocycles. The Morgan fingerprint density at radius 3 is 1.89 bits per heavy atom. The Labute approximate surface area is 215 Å². The minimum Gasteiger partial charge on any atom is -0.457 e. The highest BCUT2D eigenvalue weighted by molar-refractivity contribution is 7.99. The molecule has 6 aromatic rings. The molecule has 0 saturated carbocycles. The Hall–Kier alpha value is -4.01. The van der Waals surface area contributed by atoms with Crippen molar-refractivity contribution in [2.75, 3.05) is 0 Å². The van der Waals surface area contributed by atoms with E-state index in [9.17, 15) is 0 Å². The zero-order chi connectivity index (χ0) is 23.9. The molecule has 2 aliphatic heterocycles. The molecule has 0 unspecified atom stereocenters. The molecular formula is C34H24OS. The minimum atomic E-state index is 0.951. The lowest BCUT2D eigenvalue weighted by Crippen LogP contribution is -2.03. The largest absolute Gasteiger partial charge is 0.457 e. The lowest BCUT2D eigenvalue weighted by molar-refractivity contribution is 0.461. The average Bonchev–Trinajstić information content (AvgIpc) is 2.95. The first-order valence-corrected chi connectivity index (χ1v) is 13.2. The molecule has 0 aliphatic carbocycles.